The van der Waals surface area contributed by atoms with E-state index in [1.165, 1.54) is 4.90 Å². The van der Waals surface area contributed by atoms with Crippen LogP contribution in [0.25, 0.3) is 0 Å². The number of carbonyl (C=O) groups is 3. The fourth-order valence-corrected chi connectivity index (χ4v) is 5.78. The second-order valence-corrected chi connectivity index (χ2v) is 12.1. The monoisotopic (exact) mass is 568 g/mol. The van der Waals surface area contributed by atoms with Crippen LogP contribution in [0.1, 0.15) is 69.2 Å². The molecular formula is C34H40N4O4. The van der Waals surface area contributed by atoms with Gasteiger partial charge in [0.05, 0.1) is 0 Å². The number of hydrogen-bond acceptors (Lipinski definition) is 5. The second-order valence-electron chi connectivity index (χ2n) is 12.1. The Hall–Kier alpha value is -4.20. The Morgan fingerprint density at radius 3 is 2.29 bits per heavy atom. The average Bonchev–Trinajstić information content (AvgIpc) is 3.72. The topological polar surface area (TPSA) is 83.1 Å². The van der Waals surface area contributed by atoms with E-state index < -0.39 is 18.2 Å². The third kappa shape index (κ3) is 6.48. The quantitative estimate of drug-likeness (QED) is 0.356. The molecule has 2 aliphatic rings. The summed E-state index contributed by atoms with van der Waals surface area (Å²) in [6.07, 6.45) is 5.82. The maximum atomic E-state index is 14.6. The Kier molecular flexibility index (Phi) is 8.90. The fraction of sp³-hybridized carbons (Fsp3) is 0.412. The zero-order valence-electron chi connectivity index (χ0n) is 24.7. The van der Waals surface area contributed by atoms with Gasteiger partial charge in [-0.1, -0.05) is 69.3 Å². The van der Waals surface area contributed by atoms with Crippen molar-refractivity contribution in [3.05, 3.63) is 95.8 Å². The average molecular weight is 569 g/mol. The Morgan fingerprint density at radius 2 is 1.64 bits per heavy atom. The highest BCUT2D eigenvalue weighted by Crippen LogP contribution is 2.35. The van der Waals surface area contributed by atoms with Gasteiger partial charge < -0.3 is 9.64 Å². The molecular weight excluding hydrogens is 528 g/mol. The van der Waals surface area contributed by atoms with Crippen molar-refractivity contribution in [3.63, 3.8) is 0 Å². The van der Waals surface area contributed by atoms with Crippen LogP contribution in [0.5, 0.6) is 0 Å². The SMILES string of the molecule is CC(C)(C)c1ccc(N(C(=O)[C@H]2CCCN2C(=O)OCc2ccccc2)C(C(=O)N2CCCC2)c2cccnc2)cc1. The predicted molar refractivity (Wildman–Crippen MR) is 162 cm³/mol. The van der Waals surface area contributed by atoms with Crippen LogP contribution in [-0.2, 0) is 26.3 Å². The highest BCUT2D eigenvalue weighted by Gasteiger charge is 2.43. The van der Waals surface area contributed by atoms with Crippen LogP contribution >= 0.6 is 0 Å². The van der Waals surface area contributed by atoms with Gasteiger partial charge >= 0.3 is 6.09 Å². The van der Waals surface area contributed by atoms with Crippen molar-refractivity contribution in [2.75, 3.05) is 24.5 Å². The van der Waals surface area contributed by atoms with Crippen LogP contribution in [0.3, 0.4) is 0 Å². The molecule has 2 saturated heterocycles. The molecule has 3 amide bonds. The Labute approximate surface area is 248 Å². The number of pyridine rings is 1. The normalized spacial score (nSPS) is 17.6. The molecule has 0 N–H and O–H groups in total. The molecule has 1 unspecified atom stereocenters. The van der Waals surface area contributed by atoms with Crippen molar-refractivity contribution >= 4 is 23.6 Å². The summed E-state index contributed by atoms with van der Waals surface area (Å²) < 4.78 is 5.64. The summed E-state index contributed by atoms with van der Waals surface area (Å²) in [5, 5.41) is 0. The molecule has 220 valence electrons. The smallest absolute Gasteiger partial charge is 0.410 e. The lowest BCUT2D eigenvalue weighted by atomic mass is 9.87. The van der Waals surface area contributed by atoms with E-state index in [4.69, 9.17) is 4.74 Å². The molecule has 2 atom stereocenters. The van der Waals surface area contributed by atoms with Crippen LogP contribution in [0.15, 0.2) is 79.1 Å². The minimum absolute atomic E-state index is 0.0771. The molecule has 8 heteroatoms. The van der Waals surface area contributed by atoms with Crippen molar-refractivity contribution in [1.82, 2.24) is 14.8 Å². The number of aromatic nitrogens is 1. The molecule has 5 rings (SSSR count). The first-order chi connectivity index (χ1) is 20.2. The molecule has 2 aromatic carbocycles. The maximum Gasteiger partial charge on any atom is 0.410 e. The van der Waals surface area contributed by atoms with Gasteiger partial charge in [0.15, 0.2) is 0 Å². The second kappa shape index (κ2) is 12.8. The lowest BCUT2D eigenvalue weighted by Crippen LogP contribution is -2.52. The van der Waals surface area contributed by atoms with Gasteiger partial charge in [0.1, 0.15) is 18.7 Å². The van der Waals surface area contributed by atoms with Crippen LogP contribution in [0, 0.1) is 0 Å². The molecule has 42 heavy (non-hydrogen) atoms. The Bertz CT molecular complexity index is 1370. The van der Waals surface area contributed by atoms with Gasteiger partial charge in [-0.25, -0.2) is 4.79 Å². The van der Waals surface area contributed by atoms with Crippen LogP contribution < -0.4 is 4.90 Å². The molecule has 0 spiro atoms. The largest absolute Gasteiger partial charge is 0.445 e. The van der Waals surface area contributed by atoms with Crippen LogP contribution in [-0.4, -0.2) is 58.4 Å². The molecule has 2 fully saturated rings. The standard InChI is InChI=1S/C34H40N4O4/c1-34(2,3)27-15-17-28(18-16-27)38(30(26-13-9-19-35-23-26)32(40)36-20-7-8-21-36)31(39)29-14-10-22-37(29)33(41)42-24-25-11-5-4-6-12-25/h4-6,9,11-13,15-19,23,29-30H,7-8,10,14,20-22,24H2,1-3H3/t29-,30?/m1/s1. The number of carbonyl (C=O) groups excluding carboxylic acids is 3. The number of hydrogen-bond donors (Lipinski definition) is 0. The van der Waals surface area contributed by atoms with Gasteiger partial charge in [-0.15, -0.1) is 0 Å². The van der Waals surface area contributed by atoms with Crippen LogP contribution in [0.4, 0.5) is 10.5 Å². The molecule has 0 aliphatic carbocycles. The minimum atomic E-state index is -0.910. The summed E-state index contributed by atoms with van der Waals surface area (Å²) in [7, 11) is 0. The molecule has 2 aliphatic heterocycles. The van der Waals surface area contributed by atoms with E-state index >= 15 is 0 Å². The molecule has 3 heterocycles. The van der Waals surface area contributed by atoms with E-state index in [1.807, 2.05) is 65.6 Å². The molecule has 0 radical (unpaired) electrons. The predicted octanol–water partition coefficient (Wildman–Crippen LogP) is 5.88. The zero-order valence-corrected chi connectivity index (χ0v) is 24.7. The molecule has 1 aromatic heterocycles. The van der Waals surface area contributed by atoms with E-state index in [-0.39, 0.29) is 23.8 Å². The first kappa shape index (κ1) is 29.3. The Morgan fingerprint density at radius 1 is 0.929 bits per heavy atom. The maximum absolute atomic E-state index is 14.6. The van der Waals surface area contributed by atoms with Gasteiger partial charge in [-0.05, 0) is 60.4 Å². The number of anilines is 1. The third-order valence-electron chi connectivity index (χ3n) is 8.14. The van der Waals surface area contributed by atoms with Crippen molar-refractivity contribution < 1.29 is 19.1 Å². The molecule has 0 bridgehead atoms. The van der Waals surface area contributed by atoms with E-state index in [2.05, 4.69) is 25.8 Å². The number of rotatable bonds is 7. The lowest BCUT2D eigenvalue weighted by Gasteiger charge is -2.37. The lowest BCUT2D eigenvalue weighted by molar-refractivity contribution is -0.134. The highest BCUT2D eigenvalue weighted by atomic mass is 16.6. The molecule has 8 nitrogen and oxygen atoms in total. The molecule has 3 aromatic rings. The highest BCUT2D eigenvalue weighted by molar-refractivity contribution is 6.04. The summed E-state index contributed by atoms with van der Waals surface area (Å²) in [6.45, 7) is 8.26. The van der Waals surface area contributed by atoms with Crippen molar-refractivity contribution in [1.29, 1.82) is 0 Å². The summed E-state index contributed by atoms with van der Waals surface area (Å²) in [5.41, 5.74) is 3.17. The van der Waals surface area contributed by atoms with Gasteiger partial charge in [-0.3, -0.25) is 24.4 Å². The third-order valence-corrected chi connectivity index (χ3v) is 8.14. The van der Waals surface area contributed by atoms with Crippen LogP contribution in [0.2, 0.25) is 0 Å². The zero-order chi connectivity index (χ0) is 29.7. The number of ether oxygens (including phenoxy) is 1. The number of amides is 3. The fourth-order valence-electron chi connectivity index (χ4n) is 5.78. The first-order valence-corrected chi connectivity index (χ1v) is 14.8. The van der Waals surface area contributed by atoms with E-state index in [0.717, 1.165) is 24.0 Å². The van der Waals surface area contributed by atoms with Gasteiger partial charge in [0.25, 0.3) is 5.91 Å². The summed E-state index contributed by atoms with van der Waals surface area (Å²) in [5.74, 6) is -0.431. The summed E-state index contributed by atoms with van der Waals surface area (Å²) in [6, 6.07) is 19.3. The number of nitrogens with zero attached hydrogens (tertiary/aromatic N) is 4. The Balaban J connectivity index is 1.51. The van der Waals surface area contributed by atoms with Gasteiger partial charge in [0, 0.05) is 43.3 Å². The van der Waals surface area contributed by atoms with Gasteiger partial charge in [0.2, 0.25) is 5.91 Å². The van der Waals surface area contributed by atoms with Crippen molar-refractivity contribution in [2.45, 2.75) is 70.6 Å². The van der Waals surface area contributed by atoms with Crippen molar-refractivity contribution in [2.24, 2.45) is 0 Å². The van der Waals surface area contributed by atoms with Crippen molar-refractivity contribution in [3.8, 4) is 0 Å². The minimum Gasteiger partial charge on any atom is -0.445 e. The van der Waals surface area contributed by atoms with E-state index in [9.17, 15) is 14.4 Å². The van der Waals surface area contributed by atoms with E-state index in [0.29, 0.717) is 43.7 Å². The van der Waals surface area contributed by atoms with E-state index in [1.54, 1.807) is 23.4 Å². The number of benzene rings is 2. The molecule has 0 saturated carbocycles. The first-order valence-electron chi connectivity index (χ1n) is 14.8. The summed E-state index contributed by atoms with van der Waals surface area (Å²) in [4.78, 5) is 51.3. The van der Waals surface area contributed by atoms with Gasteiger partial charge in [-0.2, -0.15) is 0 Å². The number of likely N-dealkylation sites (tertiary alicyclic amines) is 2. The summed E-state index contributed by atoms with van der Waals surface area (Å²) >= 11 is 0.